The Morgan fingerprint density at radius 2 is 2.00 bits per heavy atom. The second kappa shape index (κ2) is 5.65. The summed E-state index contributed by atoms with van der Waals surface area (Å²) in [5, 5.41) is 9.71. The number of carboxylic acid groups (broad SMARTS) is 1. The van der Waals surface area contributed by atoms with Crippen LogP contribution >= 0.6 is 0 Å². The number of aliphatic carboxylic acids is 1. The lowest BCUT2D eigenvalue weighted by Crippen LogP contribution is -2.21. The first kappa shape index (κ1) is 16.7. The fourth-order valence-corrected chi connectivity index (χ4v) is 5.08. The van der Waals surface area contributed by atoms with Gasteiger partial charge in [0, 0.05) is 22.2 Å². The van der Waals surface area contributed by atoms with Crippen LogP contribution in [-0.2, 0) is 21.4 Å². The molecule has 0 spiro atoms. The predicted octanol–water partition coefficient (Wildman–Crippen LogP) is 2.55. The molecule has 0 amide bonds. The van der Waals surface area contributed by atoms with E-state index in [0.29, 0.717) is 27.7 Å². The molecule has 0 bridgehead atoms. The van der Waals surface area contributed by atoms with Crippen molar-refractivity contribution < 1.29 is 22.7 Å². The lowest BCUT2D eigenvalue weighted by Gasteiger charge is -2.12. The molecule has 1 aromatic heterocycles. The van der Waals surface area contributed by atoms with E-state index in [9.17, 15) is 22.7 Å². The topological polar surface area (TPSA) is 88.4 Å². The van der Waals surface area contributed by atoms with Gasteiger partial charge in [0.15, 0.2) is 0 Å². The molecule has 2 N–H and O–H groups in total. The summed E-state index contributed by atoms with van der Waals surface area (Å²) in [5.41, 5.74) is 2.26. The van der Waals surface area contributed by atoms with Crippen LogP contribution in [0.5, 0.6) is 0 Å². The lowest BCUT2D eigenvalue weighted by molar-refractivity contribution is -0.137. The van der Waals surface area contributed by atoms with Gasteiger partial charge in [0.2, 0.25) is 10.0 Å². The van der Waals surface area contributed by atoms with Crippen molar-refractivity contribution >= 4 is 26.9 Å². The molecule has 3 aromatic rings. The van der Waals surface area contributed by atoms with Crippen LogP contribution < -0.4 is 4.72 Å². The molecule has 2 heterocycles. The van der Waals surface area contributed by atoms with Gasteiger partial charge in [-0.25, -0.2) is 12.8 Å². The zero-order valence-corrected chi connectivity index (χ0v) is 14.5. The number of benzene rings is 2. The Labute approximate surface area is 148 Å². The number of carbonyl (C=O) groups is 1. The number of hydrogen-bond donors (Lipinski definition) is 2. The zero-order chi connectivity index (χ0) is 18.6. The van der Waals surface area contributed by atoms with E-state index in [4.69, 9.17) is 0 Å². The highest BCUT2D eigenvalue weighted by Gasteiger charge is 2.37. The van der Waals surface area contributed by atoms with E-state index in [-0.39, 0.29) is 11.4 Å². The molecule has 8 heteroatoms. The second-order valence-corrected chi connectivity index (χ2v) is 7.91. The summed E-state index contributed by atoms with van der Waals surface area (Å²) in [7, 11) is -3.68. The quantitative estimate of drug-likeness (QED) is 0.737. The highest BCUT2D eigenvalue weighted by Crippen LogP contribution is 2.40. The number of carboxylic acids is 1. The maximum atomic E-state index is 13.9. The first-order chi connectivity index (χ1) is 12.3. The van der Waals surface area contributed by atoms with Crippen molar-refractivity contribution in [3.63, 3.8) is 0 Å². The zero-order valence-electron chi connectivity index (χ0n) is 13.7. The van der Waals surface area contributed by atoms with Crippen molar-refractivity contribution in [3.05, 3.63) is 65.1 Å². The van der Waals surface area contributed by atoms with Crippen molar-refractivity contribution in [3.8, 4) is 0 Å². The molecule has 2 aromatic carbocycles. The van der Waals surface area contributed by atoms with E-state index < -0.39 is 27.9 Å². The largest absolute Gasteiger partial charge is 0.480 e. The van der Waals surface area contributed by atoms with Gasteiger partial charge in [0.25, 0.3) is 0 Å². The SMILES string of the molecule is Cc1c(C2NS(=O)(=O)c3ccccc32)c2cc(F)ccc2n1CC(=O)O. The Balaban J connectivity index is 2.03. The summed E-state index contributed by atoms with van der Waals surface area (Å²) in [5.74, 6) is -1.51. The molecular weight excluding hydrogens is 359 g/mol. The molecule has 1 aliphatic heterocycles. The molecule has 0 aliphatic carbocycles. The highest BCUT2D eigenvalue weighted by atomic mass is 32.2. The number of rotatable bonds is 3. The fraction of sp³-hybridized carbons (Fsp3) is 0.167. The van der Waals surface area contributed by atoms with Gasteiger partial charge >= 0.3 is 5.97 Å². The number of aromatic nitrogens is 1. The van der Waals surface area contributed by atoms with Gasteiger partial charge in [-0.15, -0.1) is 0 Å². The second-order valence-electron chi connectivity index (χ2n) is 6.23. The summed E-state index contributed by atoms with van der Waals surface area (Å²) >= 11 is 0. The van der Waals surface area contributed by atoms with Crippen LogP contribution in [0.25, 0.3) is 10.9 Å². The van der Waals surface area contributed by atoms with E-state index in [0.717, 1.165) is 0 Å². The first-order valence-electron chi connectivity index (χ1n) is 7.91. The summed E-state index contributed by atoms with van der Waals surface area (Å²) in [6.07, 6.45) is 0. The van der Waals surface area contributed by atoms with Gasteiger partial charge in [-0.1, -0.05) is 18.2 Å². The number of hydrogen-bond acceptors (Lipinski definition) is 3. The molecule has 4 rings (SSSR count). The summed E-state index contributed by atoms with van der Waals surface area (Å²) < 4.78 is 43.0. The van der Waals surface area contributed by atoms with E-state index in [1.165, 1.54) is 24.3 Å². The Morgan fingerprint density at radius 1 is 1.27 bits per heavy atom. The van der Waals surface area contributed by atoms with Gasteiger partial charge in [0.05, 0.1) is 10.9 Å². The predicted molar refractivity (Wildman–Crippen MR) is 92.9 cm³/mol. The third kappa shape index (κ3) is 2.41. The molecular formula is C18H15FN2O4S. The van der Waals surface area contributed by atoms with Crippen molar-refractivity contribution in [1.29, 1.82) is 0 Å². The maximum absolute atomic E-state index is 13.9. The minimum atomic E-state index is -3.68. The number of halogens is 1. The molecule has 26 heavy (non-hydrogen) atoms. The molecule has 1 unspecified atom stereocenters. The average molecular weight is 374 g/mol. The fourth-order valence-electron chi connectivity index (χ4n) is 3.64. The maximum Gasteiger partial charge on any atom is 0.323 e. The molecule has 134 valence electrons. The van der Waals surface area contributed by atoms with Crippen molar-refractivity contribution in [2.24, 2.45) is 0 Å². The first-order valence-corrected chi connectivity index (χ1v) is 9.39. The molecule has 6 nitrogen and oxygen atoms in total. The van der Waals surface area contributed by atoms with Crippen LogP contribution in [0, 0.1) is 12.7 Å². The summed E-state index contributed by atoms with van der Waals surface area (Å²) in [6.45, 7) is 1.42. The van der Waals surface area contributed by atoms with Crippen LogP contribution in [0.4, 0.5) is 4.39 Å². The molecule has 0 saturated heterocycles. The normalized spacial score (nSPS) is 18.2. The number of nitrogens with one attached hydrogen (secondary N) is 1. The van der Waals surface area contributed by atoms with E-state index in [1.54, 1.807) is 29.7 Å². The van der Waals surface area contributed by atoms with Gasteiger partial charge in [0.1, 0.15) is 12.4 Å². The van der Waals surface area contributed by atoms with Gasteiger partial charge in [-0.3, -0.25) is 4.79 Å². The van der Waals surface area contributed by atoms with E-state index >= 15 is 0 Å². The van der Waals surface area contributed by atoms with Crippen molar-refractivity contribution in [1.82, 2.24) is 9.29 Å². The standard InChI is InChI=1S/C18H15FN2O4S/c1-10-17(18-12-4-2-3-5-15(12)26(24,25)20-18)13-8-11(19)6-7-14(13)21(10)9-16(22)23/h2-8,18,20H,9H2,1H3,(H,22,23). The molecule has 1 atom stereocenters. The molecule has 1 aliphatic rings. The monoisotopic (exact) mass is 374 g/mol. The van der Waals surface area contributed by atoms with Gasteiger partial charge in [-0.05, 0) is 36.8 Å². The van der Waals surface area contributed by atoms with Crippen molar-refractivity contribution in [2.45, 2.75) is 24.4 Å². The van der Waals surface area contributed by atoms with Crippen LogP contribution in [0.2, 0.25) is 0 Å². The van der Waals surface area contributed by atoms with Gasteiger partial charge in [-0.2, -0.15) is 4.72 Å². The Morgan fingerprint density at radius 3 is 2.73 bits per heavy atom. The van der Waals surface area contributed by atoms with Crippen molar-refractivity contribution in [2.75, 3.05) is 0 Å². The summed E-state index contributed by atoms with van der Waals surface area (Å²) in [6, 6.07) is 9.99. The van der Waals surface area contributed by atoms with Crippen LogP contribution in [0.3, 0.4) is 0 Å². The van der Waals surface area contributed by atoms with E-state index in [2.05, 4.69) is 4.72 Å². The Kier molecular flexibility index (Phi) is 3.64. The van der Waals surface area contributed by atoms with Crippen LogP contribution in [0.15, 0.2) is 47.4 Å². The Hall–Kier alpha value is -2.71. The number of nitrogens with zero attached hydrogens (tertiary/aromatic N) is 1. The lowest BCUT2D eigenvalue weighted by atomic mass is 9.97. The highest BCUT2D eigenvalue weighted by molar-refractivity contribution is 7.89. The smallest absolute Gasteiger partial charge is 0.323 e. The van der Waals surface area contributed by atoms with Crippen LogP contribution in [-0.4, -0.2) is 24.1 Å². The van der Waals surface area contributed by atoms with E-state index in [1.807, 2.05) is 0 Å². The minimum absolute atomic E-state index is 0.180. The van der Waals surface area contributed by atoms with Gasteiger partial charge < -0.3 is 9.67 Å². The number of fused-ring (bicyclic) bond motifs is 2. The summed E-state index contributed by atoms with van der Waals surface area (Å²) in [4.78, 5) is 11.4. The average Bonchev–Trinajstić information content (AvgIpc) is 2.99. The Bertz CT molecular complexity index is 1170. The number of sulfonamides is 1. The van der Waals surface area contributed by atoms with Crippen LogP contribution in [0.1, 0.15) is 22.9 Å². The minimum Gasteiger partial charge on any atom is -0.480 e. The third-order valence-corrected chi connectivity index (χ3v) is 6.21. The molecule has 0 fully saturated rings. The third-order valence-electron chi connectivity index (χ3n) is 4.71. The molecule has 0 saturated carbocycles. The molecule has 0 radical (unpaired) electrons.